The van der Waals surface area contributed by atoms with Gasteiger partial charge in [0.25, 0.3) is 5.91 Å². The van der Waals surface area contributed by atoms with Crippen molar-refractivity contribution in [3.05, 3.63) is 65.4 Å². The first kappa shape index (κ1) is 18.6. The van der Waals surface area contributed by atoms with E-state index in [2.05, 4.69) is 10.3 Å². The molecular formula is C18H19N5O3S. The van der Waals surface area contributed by atoms with Crippen LogP contribution in [0.2, 0.25) is 0 Å². The molecule has 0 bridgehead atoms. The Kier molecular flexibility index (Phi) is 4.98. The summed E-state index contributed by atoms with van der Waals surface area (Å²) in [4.78, 5) is 15.2. The smallest absolute Gasteiger partial charge is 0.251 e. The number of amidine groups is 1. The van der Waals surface area contributed by atoms with Crippen LogP contribution in [0.15, 0.2) is 53.6 Å². The second-order valence-electron chi connectivity index (χ2n) is 6.07. The molecule has 1 aromatic heterocycles. The zero-order valence-corrected chi connectivity index (χ0v) is 15.1. The minimum Gasteiger partial charge on any atom is -0.384 e. The third-order valence-corrected chi connectivity index (χ3v) is 5.11. The van der Waals surface area contributed by atoms with E-state index in [-0.39, 0.29) is 16.6 Å². The van der Waals surface area contributed by atoms with Gasteiger partial charge in [-0.05, 0) is 48.4 Å². The van der Waals surface area contributed by atoms with Crippen LogP contribution in [0.4, 0.5) is 0 Å². The maximum absolute atomic E-state index is 12.2. The lowest BCUT2D eigenvalue weighted by Gasteiger charge is -2.07. The molecule has 9 heteroatoms. The fourth-order valence-electron chi connectivity index (χ4n) is 2.76. The predicted molar refractivity (Wildman–Crippen MR) is 103 cm³/mol. The summed E-state index contributed by atoms with van der Waals surface area (Å²) >= 11 is 0. The summed E-state index contributed by atoms with van der Waals surface area (Å²) in [5.74, 6) is -0.308. The number of nitrogens with two attached hydrogens (primary N) is 2. The third-order valence-electron chi connectivity index (χ3n) is 4.18. The number of amides is 1. The molecule has 0 radical (unpaired) electrons. The van der Waals surface area contributed by atoms with Gasteiger partial charge in [0.05, 0.1) is 4.90 Å². The van der Waals surface area contributed by atoms with Crippen LogP contribution in [-0.4, -0.2) is 31.7 Å². The number of carbonyl (C=O) groups is 1. The van der Waals surface area contributed by atoms with Crippen molar-refractivity contribution < 1.29 is 13.2 Å². The van der Waals surface area contributed by atoms with Gasteiger partial charge in [0, 0.05) is 34.8 Å². The molecule has 0 atom stereocenters. The van der Waals surface area contributed by atoms with Crippen molar-refractivity contribution in [2.24, 2.45) is 10.9 Å². The van der Waals surface area contributed by atoms with Gasteiger partial charge in [-0.1, -0.05) is 6.07 Å². The minimum atomic E-state index is -3.78. The first-order chi connectivity index (χ1) is 12.8. The van der Waals surface area contributed by atoms with Crippen molar-refractivity contribution in [3.8, 4) is 0 Å². The van der Waals surface area contributed by atoms with Crippen LogP contribution in [0.3, 0.4) is 0 Å². The van der Waals surface area contributed by atoms with E-state index in [1.165, 1.54) is 24.3 Å². The zero-order valence-electron chi connectivity index (χ0n) is 14.3. The standard InChI is InChI=1S/C18H19N5O3S/c19-17(20)15-10-23-16-6-1-11(9-14(15)16)7-8-22-18(24)12-2-4-13(5-3-12)27(21,25)26/h1-6,9-10,23H,7-8H2,(H3,19,20)(H,22,24)(H2,21,25,26). The van der Waals surface area contributed by atoms with E-state index in [0.29, 0.717) is 24.1 Å². The summed E-state index contributed by atoms with van der Waals surface area (Å²) in [7, 11) is -3.78. The Hall–Kier alpha value is -3.17. The number of nitrogens with one attached hydrogen (secondary N) is 3. The number of aromatic amines is 1. The number of aromatic nitrogens is 1. The van der Waals surface area contributed by atoms with Crippen LogP contribution in [0.1, 0.15) is 21.5 Å². The highest BCUT2D eigenvalue weighted by atomic mass is 32.2. The Morgan fingerprint density at radius 2 is 1.85 bits per heavy atom. The zero-order chi connectivity index (χ0) is 19.6. The molecule has 1 heterocycles. The number of H-pyrrole nitrogens is 1. The number of hydrogen-bond acceptors (Lipinski definition) is 4. The minimum absolute atomic E-state index is 0.00496. The Morgan fingerprint density at radius 1 is 1.15 bits per heavy atom. The van der Waals surface area contributed by atoms with E-state index in [9.17, 15) is 13.2 Å². The van der Waals surface area contributed by atoms with E-state index in [0.717, 1.165) is 16.5 Å². The molecule has 0 spiro atoms. The second kappa shape index (κ2) is 7.22. The van der Waals surface area contributed by atoms with Gasteiger partial charge in [-0.15, -0.1) is 0 Å². The number of sulfonamides is 1. The molecule has 7 N–H and O–H groups in total. The van der Waals surface area contributed by atoms with Gasteiger partial charge in [-0.25, -0.2) is 13.6 Å². The average Bonchev–Trinajstić information content (AvgIpc) is 3.04. The van der Waals surface area contributed by atoms with Gasteiger partial charge in [-0.3, -0.25) is 10.2 Å². The summed E-state index contributed by atoms with van der Waals surface area (Å²) in [5, 5.41) is 16.3. The van der Waals surface area contributed by atoms with E-state index >= 15 is 0 Å². The summed E-state index contributed by atoms with van der Waals surface area (Å²) in [6.07, 6.45) is 2.29. The number of primary sulfonamides is 1. The highest BCUT2D eigenvalue weighted by molar-refractivity contribution is 7.89. The fraction of sp³-hybridized carbons (Fsp3) is 0.111. The van der Waals surface area contributed by atoms with Crippen LogP contribution in [0.5, 0.6) is 0 Å². The van der Waals surface area contributed by atoms with Crippen LogP contribution in [-0.2, 0) is 16.4 Å². The molecule has 0 unspecified atom stereocenters. The number of carbonyl (C=O) groups excluding carboxylic acids is 1. The first-order valence-electron chi connectivity index (χ1n) is 8.11. The molecule has 3 aromatic rings. The monoisotopic (exact) mass is 385 g/mol. The van der Waals surface area contributed by atoms with Crippen LogP contribution >= 0.6 is 0 Å². The number of hydrogen-bond donors (Lipinski definition) is 5. The Balaban J connectivity index is 1.64. The molecule has 0 aliphatic carbocycles. The van der Waals surface area contributed by atoms with Crippen molar-refractivity contribution in [2.75, 3.05) is 6.54 Å². The van der Waals surface area contributed by atoms with Crippen molar-refractivity contribution >= 4 is 32.7 Å². The van der Waals surface area contributed by atoms with Crippen molar-refractivity contribution in [1.29, 1.82) is 5.41 Å². The Morgan fingerprint density at radius 3 is 2.48 bits per heavy atom. The van der Waals surface area contributed by atoms with E-state index in [1.54, 1.807) is 6.20 Å². The van der Waals surface area contributed by atoms with Gasteiger partial charge in [0.1, 0.15) is 5.84 Å². The highest BCUT2D eigenvalue weighted by Crippen LogP contribution is 2.19. The van der Waals surface area contributed by atoms with Crippen molar-refractivity contribution in [1.82, 2.24) is 10.3 Å². The van der Waals surface area contributed by atoms with Gasteiger partial charge in [0.15, 0.2) is 0 Å². The highest BCUT2D eigenvalue weighted by Gasteiger charge is 2.11. The molecule has 0 saturated heterocycles. The molecule has 2 aromatic carbocycles. The van der Waals surface area contributed by atoms with E-state index in [4.69, 9.17) is 16.3 Å². The molecule has 8 nitrogen and oxygen atoms in total. The van der Waals surface area contributed by atoms with Gasteiger partial charge in [0.2, 0.25) is 10.0 Å². The van der Waals surface area contributed by atoms with Crippen molar-refractivity contribution in [3.63, 3.8) is 0 Å². The van der Waals surface area contributed by atoms with Crippen LogP contribution in [0.25, 0.3) is 10.9 Å². The number of nitrogen functional groups attached to an aromatic ring is 1. The first-order valence-corrected chi connectivity index (χ1v) is 9.66. The Bertz CT molecular complexity index is 1120. The number of rotatable bonds is 6. The van der Waals surface area contributed by atoms with E-state index < -0.39 is 10.0 Å². The topological polar surface area (TPSA) is 155 Å². The molecule has 140 valence electrons. The molecule has 27 heavy (non-hydrogen) atoms. The average molecular weight is 385 g/mol. The maximum Gasteiger partial charge on any atom is 0.251 e. The largest absolute Gasteiger partial charge is 0.384 e. The third kappa shape index (κ3) is 4.15. The summed E-state index contributed by atoms with van der Waals surface area (Å²) in [6.45, 7) is 0.404. The summed E-state index contributed by atoms with van der Waals surface area (Å²) in [6, 6.07) is 11.2. The lowest BCUT2D eigenvalue weighted by atomic mass is 10.1. The summed E-state index contributed by atoms with van der Waals surface area (Å²) in [5.41, 5.74) is 8.46. The molecule has 0 fully saturated rings. The van der Waals surface area contributed by atoms with Gasteiger partial charge < -0.3 is 16.0 Å². The quantitative estimate of drug-likeness (QED) is 0.318. The number of benzene rings is 2. The predicted octanol–water partition coefficient (Wildman–Crippen LogP) is 1.07. The summed E-state index contributed by atoms with van der Waals surface area (Å²) < 4.78 is 22.5. The molecule has 1 amide bonds. The molecule has 0 aliphatic rings. The van der Waals surface area contributed by atoms with Gasteiger partial charge >= 0.3 is 0 Å². The lowest BCUT2D eigenvalue weighted by Crippen LogP contribution is -2.25. The van der Waals surface area contributed by atoms with Crippen molar-refractivity contribution in [2.45, 2.75) is 11.3 Å². The SMILES string of the molecule is N=C(N)c1c[nH]c2ccc(CCNC(=O)c3ccc(S(N)(=O)=O)cc3)cc12. The Labute approximate surface area is 156 Å². The maximum atomic E-state index is 12.2. The van der Waals surface area contributed by atoms with E-state index in [1.807, 2.05) is 18.2 Å². The molecule has 3 rings (SSSR count). The molecular weight excluding hydrogens is 366 g/mol. The lowest BCUT2D eigenvalue weighted by molar-refractivity contribution is 0.0954. The molecule has 0 saturated carbocycles. The molecule has 0 aliphatic heterocycles. The normalized spacial score (nSPS) is 11.4. The van der Waals surface area contributed by atoms with Gasteiger partial charge in [-0.2, -0.15) is 0 Å². The van der Waals surface area contributed by atoms with Crippen LogP contribution < -0.4 is 16.2 Å². The number of fused-ring (bicyclic) bond motifs is 1. The van der Waals surface area contributed by atoms with Crippen LogP contribution in [0, 0.1) is 5.41 Å². The second-order valence-corrected chi connectivity index (χ2v) is 7.63. The fourth-order valence-corrected chi connectivity index (χ4v) is 3.28.